The molecule has 0 aliphatic rings. The first-order chi connectivity index (χ1) is 10.0. The zero-order valence-electron chi connectivity index (χ0n) is 11.8. The lowest BCUT2D eigenvalue weighted by Gasteiger charge is -2.04. The maximum Gasteiger partial charge on any atom is 0.270 e. The third-order valence-corrected chi connectivity index (χ3v) is 3.71. The van der Waals surface area contributed by atoms with Crippen molar-refractivity contribution in [2.45, 2.75) is 19.4 Å². The molecule has 1 aromatic carbocycles. The Kier molecular flexibility index (Phi) is 4.92. The number of non-ortho nitro benzene ring substituents is 1. The van der Waals surface area contributed by atoms with E-state index in [0.717, 1.165) is 17.7 Å². The minimum absolute atomic E-state index is 0.00590. The topological polar surface area (TPSA) is 108 Å². The van der Waals surface area contributed by atoms with Crippen molar-refractivity contribution in [3.05, 3.63) is 39.8 Å². The van der Waals surface area contributed by atoms with E-state index >= 15 is 0 Å². The van der Waals surface area contributed by atoms with Gasteiger partial charge in [0.05, 0.1) is 11.0 Å². The second kappa shape index (κ2) is 6.68. The highest BCUT2D eigenvalue weighted by molar-refractivity contribution is 7.98. The number of nitro benzene ring substituents is 1. The number of nitrogens with zero attached hydrogens (tertiary/aromatic N) is 3. The number of aryl methyl sites for hydroxylation is 1. The molecule has 112 valence electrons. The van der Waals surface area contributed by atoms with Gasteiger partial charge in [0.25, 0.3) is 5.69 Å². The van der Waals surface area contributed by atoms with E-state index in [-0.39, 0.29) is 11.7 Å². The SMILES string of the molecule is CSCC[C@H](N)c1nc(-c2cc([N+](=O)[O-])ccc2C)no1. The van der Waals surface area contributed by atoms with Crippen LogP contribution in [0.4, 0.5) is 5.69 Å². The molecule has 2 aromatic rings. The Hall–Kier alpha value is -1.93. The summed E-state index contributed by atoms with van der Waals surface area (Å²) >= 11 is 1.69. The van der Waals surface area contributed by atoms with Crippen LogP contribution in [0.5, 0.6) is 0 Å². The Balaban J connectivity index is 2.29. The van der Waals surface area contributed by atoms with Crippen molar-refractivity contribution in [1.29, 1.82) is 0 Å². The summed E-state index contributed by atoms with van der Waals surface area (Å²) in [5.41, 5.74) is 7.38. The summed E-state index contributed by atoms with van der Waals surface area (Å²) in [5, 5.41) is 14.7. The first-order valence-corrected chi connectivity index (χ1v) is 7.76. The minimum atomic E-state index is -0.450. The van der Waals surface area contributed by atoms with Crippen LogP contribution in [0.1, 0.15) is 23.9 Å². The van der Waals surface area contributed by atoms with Gasteiger partial charge in [0.15, 0.2) is 0 Å². The number of aromatic nitrogens is 2. The highest BCUT2D eigenvalue weighted by Gasteiger charge is 2.18. The normalized spacial score (nSPS) is 12.3. The quantitative estimate of drug-likeness (QED) is 0.645. The third kappa shape index (κ3) is 3.59. The summed E-state index contributed by atoms with van der Waals surface area (Å²) in [6.07, 6.45) is 2.73. The molecule has 0 unspecified atom stereocenters. The maximum absolute atomic E-state index is 10.8. The van der Waals surface area contributed by atoms with Crippen LogP contribution >= 0.6 is 11.8 Å². The Morgan fingerprint density at radius 3 is 2.95 bits per heavy atom. The Labute approximate surface area is 126 Å². The number of hydrogen-bond donors (Lipinski definition) is 1. The molecule has 0 aliphatic carbocycles. The van der Waals surface area contributed by atoms with Crippen molar-refractivity contribution < 1.29 is 9.45 Å². The largest absolute Gasteiger partial charge is 0.337 e. The molecule has 1 heterocycles. The first kappa shape index (κ1) is 15.5. The Morgan fingerprint density at radius 1 is 1.52 bits per heavy atom. The van der Waals surface area contributed by atoms with Crippen molar-refractivity contribution in [3.8, 4) is 11.4 Å². The van der Waals surface area contributed by atoms with Crippen LogP contribution in [-0.2, 0) is 0 Å². The van der Waals surface area contributed by atoms with E-state index in [1.807, 2.05) is 13.2 Å². The predicted octanol–water partition coefficient (Wildman–Crippen LogP) is 2.71. The van der Waals surface area contributed by atoms with Gasteiger partial charge in [0.1, 0.15) is 0 Å². The summed E-state index contributed by atoms with van der Waals surface area (Å²) < 4.78 is 5.17. The molecule has 21 heavy (non-hydrogen) atoms. The van der Waals surface area contributed by atoms with Gasteiger partial charge in [-0.15, -0.1) is 0 Å². The van der Waals surface area contributed by atoms with E-state index in [9.17, 15) is 10.1 Å². The average Bonchev–Trinajstić information content (AvgIpc) is 2.94. The molecule has 2 rings (SSSR count). The van der Waals surface area contributed by atoms with Gasteiger partial charge < -0.3 is 10.3 Å². The summed E-state index contributed by atoms with van der Waals surface area (Å²) in [5.74, 6) is 1.57. The van der Waals surface area contributed by atoms with Gasteiger partial charge in [-0.3, -0.25) is 10.1 Å². The lowest BCUT2D eigenvalue weighted by molar-refractivity contribution is -0.384. The molecule has 0 bridgehead atoms. The van der Waals surface area contributed by atoms with Crippen LogP contribution in [0.15, 0.2) is 22.7 Å². The van der Waals surface area contributed by atoms with Crippen molar-refractivity contribution >= 4 is 17.4 Å². The van der Waals surface area contributed by atoms with Crippen LogP contribution in [-0.4, -0.2) is 27.1 Å². The van der Waals surface area contributed by atoms with Crippen LogP contribution in [0, 0.1) is 17.0 Å². The fraction of sp³-hybridized carbons (Fsp3) is 0.385. The summed E-state index contributed by atoms with van der Waals surface area (Å²) in [6.45, 7) is 1.84. The molecule has 8 heteroatoms. The number of nitrogens with two attached hydrogens (primary N) is 1. The highest BCUT2D eigenvalue weighted by Crippen LogP contribution is 2.26. The van der Waals surface area contributed by atoms with Gasteiger partial charge in [0.2, 0.25) is 11.7 Å². The van der Waals surface area contributed by atoms with Gasteiger partial charge >= 0.3 is 0 Å². The van der Waals surface area contributed by atoms with Crippen LogP contribution in [0.2, 0.25) is 0 Å². The van der Waals surface area contributed by atoms with Gasteiger partial charge in [-0.05, 0) is 30.9 Å². The molecule has 0 radical (unpaired) electrons. The fourth-order valence-corrected chi connectivity index (χ4v) is 2.32. The Bertz CT molecular complexity index is 644. The second-order valence-corrected chi connectivity index (χ2v) is 5.59. The molecule has 7 nitrogen and oxygen atoms in total. The fourth-order valence-electron chi connectivity index (χ4n) is 1.83. The molecule has 2 N–H and O–H groups in total. The van der Waals surface area contributed by atoms with Crippen molar-refractivity contribution in [1.82, 2.24) is 10.1 Å². The highest BCUT2D eigenvalue weighted by atomic mass is 32.2. The smallest absolute Gasteiger partial charge is 0.270 e. The van der Waals surface area contributed by atoms with Crippen LogP contribution in [0.25, 0.3) is 11.4 Å². The molecule has 1 atom stereocenters. The first-order valence-electron chi connectivity index (χ1n) is 6.36. The monoisotopic (exact) mass is 308 g/mol. The Morgan fingerprint density at radius 2 is 2.29 bits per heavy atom. The van der Waals surface area contributed by atoms with Gasteiger partial charge in [-0.2, -0.15) is 16.7 Å². The van der Waals surface area contributed by atoms with E-state index in [4.69, 9.17) is 10.3 Å². The van der Waals surface area contributed by atoms with E-state index in [0.29, 0.717) is 17.3 Å². The molecule has 0 saturated heterocycles. The average molecular weight is 308 g/mol. The summed E-state index contributed by atoms with van der Waals surface area (Å²) in [7, 11) is 0. The molecule has 0 spiro atoms. The minimum Gasteiger partial charge on any atom is -0.337 e. The van der Waals surface area contributed by atoms with Crippen LogP contribution in [0.3, 0.4) is 0 Å². The van der Waals surface area contributed by atoms with Gasteiger partial charge in [-0.1, -0.05) is 11.2 Å². The van der Waals surface area contributed by atoms with E-state index in [2.05, 4.69) is 10.1 Å². The van der Waals surface area contributed by atoms with Crippen molar-refractivity contribution in [3.63, 3.8) is 0 Å². The van der Waals surface area contributed by atoms with Gasteiger partial charge in [0, 0.05) is 17.7 Å². The summed E-state index contributed by atoms with van der Waals surface area (Å²) in [6, 6.07) is 4.23. The molecule has 0 saturated carbocycles. The van der Waals surface area contributed by atoms with E-state index in [1.54, 1.807) is 17.8 Å². The zero-order valence-corrected chi connectivity index (χ0v) is 12.6. The number of thioether (sulfide) groups is 1. The number of hydrogen-bond acceptors (Lipinski definition) is 7. The van der Waals surface area contributed by atoms with E-state index < -0.39 is 4.92 Å². The van der Waals surface area contributed by atoms with Crippen LogP contribution < -0.4 is 5.73 Å². The standard InChI is InChI=1S/C13H16N4O3S/c1-8-3-4-9(17(18)19)7-10(8)12-15-13(20-16-12)11(14)5-6-21-2/h3-4,7,11H,5-6,14H2,1-2H3/t11-/m0/s1. The molecule has 1 aromatic heterocycles. The zero-order chi connectivity index (χ0) is 15.4. The molecular formula is C13H16N4O3S. The molecule has 0 amide bonds. The van der Waals surface area contributed by atoms with Gasteiger partial charge in [-0.25, -0.2) is 0 Å². The predicted molar refractivity (Wildman–Crippen MR) is 81.1 cm³/mol. The third-order valence-electron chi connectivity index (χ3n) is 3.06. The van der Waals surface area contributed by atoms with Crippen molar-refractivity contribution in [2.24, 2.45) is 5.73 Å². The van der Waals surface area contributed by atoms with Crippen molar-refractivity contribution in [2.75, 3.05) is 12.0 Å². The lowest BCUT2D eigenvalue weighted by Crippen LogP contribution is -2.11. The van der Waals surface area contributed by atoms with E-state index in [1.165, 1.54) is 12.1 Å². The second-order valence-electron chi connectivity index (χ2n) is 4.60. The lowest BCUT2D eigenvalue weighted by atomic mass is 10.1. The number of benzene rings is 1. The summed E-state index contributed by atoms with van der Waals surface area (Å²) in [4.78, 5) is 14.7. The maximum atomic E-state index is 10.8. The number of rotatable bonds is 6. The number of nitro groups is 1. The molecule has 0 fully saturated rings. The molecule has 0 aliphatic heterocycles. The molecular weight excluding hydrogens is 292 g/mol.